The lowest BCUT2D eigenvalue weighted by Crippen LogP contribution is -2.40. The van der Waals surface area contributed by atoms with E-state index in [1.165, 1.54) is 0 Å². The smallest absolute Gasteiger partial charge is 0.319 e. The molecule has 192 valence electrons. The van der Waals surface area contributed by atoms with E-state index >= 15 is 0 Å². The lowest BCUT2D eigenvalue weighted by Gasteiger charge is -2.24. The quantitative estimate of drug-likeness (QED) is 0.519. The zero-order chi connectivity index (χ0) is 24.9. The average Bonchev–Trinajstić information content (AvgIpc) is 3.38. The number of aromatic nitrogens is 4. The molecule has 10 nitrogen and oxygen atoms in total. The van der Waals surface area contributed by atoms with E-state index in [9.17, 15) is 13.6 Å². The van der Waals surface area contributed by atoms with Gasteiger partial charge in [-0.15, -0.1) is 0 Å². The molecule has 2 fully saturated rings. The van der Waals surface area contributed by atoms with E-state index in [-0.39, 0.29) is 23.4 Å². The Balaban J connectivity index is 1.39. The number of carbonyl (C=O) groups excluding carboxylic acids is 1. The molecular weight excluding hydrogens is 456 g/mol. The number of amides is 2. The van der Waals surface area contributed by atoms with Crippen LogP contribution in [0, 0.1) is 6.92 Å². The van der Waals surface area contributed by atoms with E-state index in [0.717, 1.165) is 63.0 Å². The number of rotatable bonds is 9. The van der Waals surface area contributed by atoms with Crippen LogP contribution in [0.2, 0.25) is 0 Å². The Kier molecular flexibility index (Phi) is 7.99. The zero-order valence-corrected chi connectivity index (χ0v) is 20.7. The van der Waals surface area contributed by atoms with E-state index in [2.05, 4.69) is 37.6 Å². The number of hydrogen-bond acceptors (Lipinski definition) is 7. The van der Waals surface area contributed by atoms with Crippen LogP contribution in [0.4, 0.5) is 31.0 Å². The normalized spacial score (nSPS) is 19.5. The number of carbonyl (C=O) groups is 1. The molecule has 0 bridgehead atoms. The van der Waals surface area contributed by atoms with Gasteiger partial charge in [-0.05, 0) is 46.2 Å². The van der Waals surface area contributed by atoms with E-state index in [4.69, 9.17) is 0 Å². The van der Waals surface area contributed by atoms with Gasteiger partial charge in [0.05, 0.1) is 23.0 Å². The van der Waals surface area contributed by atoms with Crippen LogP contribution in [0.25, 0.3) is 0 Å². The molecule has 4 heterocycles. The standard InChI is InChI=1S/C23H35F2N9O/c1-16-19(15-34(30-16)17-7-12-31(2)14-17)28-22-27-13-18(20(24)25)21(29-22)26-8-6-11-33-10-5-4-9-32(3)23(33)35/h13,15,17,20H,4-12,14H2,1-3H3,(H2,26,27,28,29). The van der Waals surface area contributed by atoms with Crippen molar-refractivity contribution < 1.29 is 13.6 Å². The number of halogens is 2. The van der Waals surface area contributed by atoms with E-state index in [0.29, 0.717) is 25.6 Å². The molecule has 1 atom stereocenters. The van der Waals surface area contributed by atoms with Gasteiger partial charge in [-0.2, -0.15) is 10.1 Å². The van der Waals surface area contributed by atoms with E-state index < -0.39 is 6.43 Å². The lowest BCUT2D eigenvalue weighted by atomic mass is 10.3. The molecule has 0 saturated carbocycles. The van der Waals surface area contributed by atoms with Gasteiger partial charge in [0.2, 0.25) is 5.95 Å². The van der Waals surface area contributed by atoms with Crippen LogP contribution < -0.4 is 10.6 Å². The summed E-state index contributed by atoms with van der Waals surface area (Å²) in [6, 6.07) is 0.328. The molecule has 1 unspecified atom stereocenters. The number of likely N-dealkylation sites (tertiary alicyclic amines) is 1. The van der Waals surface area contributed by atoms with Crippen molar-refractivity contribution in [2.75, 3.05) is 64.0 Å². The third-order valence-electron chi connectivity index (χ3n) is 6.62. The predicted octanol–water partition coefficient (Wildman–Crippen LogP) is 3.49. The first-order valence-electron chi connectivity index (χ1n) is 12.2. The van der Waals surface area contributed by atoms with Gasteiger partial charge in [-0.1, -0.05) is 0 Å². The van der Waals surface area contributed by atoms with Crippen molar-refractivity contribution in [3.05, 3.63) is 23.7 Å². The van der Waals surface area contributed by atoms with E-state index in [1.807, 2.05) is 22.7 Å². The minimum atomic E-state index is -2.70. The maximum Gasteiger partial charge on any atom is 0.319 e. The molecule has 4 rings (SSSR count). The number of hydrogen-bond donors (Lipinski definition) is 2. The highest BCUT2D eigenvalue weighted by Gasteiger charge is 2.24. The number of likely N-dealkylation sites (N-methyl/N-ethyl adjacent to an activating group) is 1. The van der Waals surface area contributed by atoms with Gasteiger partial charge in [-0.25, -0.2) is 18.6 Å². The second kappa shape index (κ2) is 11.1. The summed E-state index contributed by atoms with van der Waals surface area (Å²) in [7, 11) is 3.90. The van der Waals surface area contributed by atoms with Crippen molar-refractivity contribution >= 4 is 23.5 Å². The number of alkyl halides is 2. The molecule has 2 N–H and O–H groups in total. The van der Waals surface area contributed by atoms with Crippen LogP contribution in [-0.4, -0.2) is 93.8 Å². The number of nitrogens with zero attached hydrogens (tertiary/aromatic N) is 7. The number of anilines is 3. The van der Waals surface area contributed by atoms with Crippen LogP contribution in [0.1, 0.15) is 49.4 Å². The van der Waals surface area contributed by atoms with Crippen molar-refractivity contribution in [3.63, 3.8) is 0 Å². The first-order valence-corrected chi connectivity index (χ1v) is 12.2. The summed E-state index contributed by atoms with van der Waals surface area (Å²) >= 11 is 0. The Bertz CT molecular complexity index is 1010. The molecule has 2 aromatic heterocycles. The molecule has 0 aromatic carbocycles. The predicted molar refractivity (Wildman–Crippen MR) is 130 cm³/mol. The van der Waals surface area contributed by atoms with Crippen LogP contribution in [0.15, 0.2) is 12.4 Å². The van der Waals surface area contributed by atoms with E-state index in [1.54, 1.807) is 11.9 Å². The molecule has 2 aliphatic heterocycles. The molecule has 0 radical (unpaired) electrons. The van der Waals surface area contributed by atoms with Gasteiger partial charge < -0.3 is 25.3 Å². The summed E-state index contributed by atoms with van der Waals surface area (Å²) in [6.45, 7) is 6.32. The second-order valence-electron chi connectivity index (χ2n) is 9.41. The molecular formula is C23H35F2N9O. The fraction of sp³-hybridized carbons (Fsp3) is 0.652. The monoisotopic (exact) mass is 491 g/mol. The highest BCUT2D eigenvalue weighted by molar-refractivity contribution is 5.74. The second-order valence-corrected chi connectivity index (χ2v) is 9.41. The van der Waals surface area contributed by atoms with Crippen molar-refractivity contribution in [2.24, 2.45) is 0 Å². The zero-order valence-electron chi connectivity index (χ0n) is 20.7. The largest absolute Gasteiger partial charge is 0.369 e. The van der Waals surface area contributed by atoms with Gasteiger partial charge in [0.15, 0.2) is 0 Å². The Morgan fingerprint density at radius 3 is 2.74 bits per heavy atom. The van der Waals surface area contributed by atoms with Crippen molar-refractivity contribution in [1.82, 2.24) is 34.4 Å². The Morgan fingerprint density at radius 2 is 2.00 bits per heavy atom. The van der Waals surface area contributed by atoms with Crippen LogP contribution >= 0.6 is 0 Å². The fourth-order valence-corrected chi connectivity index (χ4v) is 4.56. The summed E-state index contributed by atoms with van der Waals surface area (Å²) in [5.41, 5.74) is 1.30. The minimum absolute atomic E-state index is 0.0180. The van der Waals surface area contributed by atoms with Gasteiger partial charge in [0, 0.05) is 52.2 Å². The third-order valence-corrected chi connectivity index (χ3v) is 6.62. The summed E-state index contributed by atoms with van der Waals surface area (Å²) in [6.07, 6.45) is 3.99. The molecule has 12 heteroatoms. The molecule has 0 spiro atoms. The third kappa shape index (κ3) is 6.16. The Labute approximate surface area is 204 Å². The lowest BCUT2D eigenvalue weighted by molar-refractivity contribution is 0.151. The summed E-state index contributed by atoms with van der Waals surface area (Å²) in [4.78, 5) is 26.6. The Morgan fingerprint density at radius 1 is 1.20 bits per heavy atom. The molecule has 0 aliphatic carbocycles. The van der Waals surface area contributed by atoms with Gasteiger partial charge in [-0.3, -0.25) is 4.68 Å². The van der Waals surface area contributed by atoms with Crippen molar-refractivity contribution in [3.8, 4) is 0 Å². The fourth-order valence-electron chi connectivity index (χ4n) is 4.56. The minimum Gasteiger partial charge on any atom is -0.369 e. The van der Waals surface area contributed by atoms with Crippen LogP contribution in [0.5, 0.6) is 0 Å². The van der Waals surface area contributed by atoms with Gasteiger partial charge in [0.25, 0.3) is 6.43 Å². The maximum absolute atomic E-state index is 13.6. The SMILES string of the molecule is Cc1nn(C2CCN(C)C2)cc1Nc1ncc(C(F)F)c(NCCCN2CCCCN(C)C2=O)n1. The molecule has 35 heavy (non-hydrogen) atoms. The first-order chi connectivity index (χ1) is 16.8. The van der Waals surface area contributed by atoms with Gasteiger partial charge in [0.1, 0.15) is 5.82 Å². The maximum atomic E-state index is 13.6. The highest BCUT2D eigenvalue weighted by Crippen LogP contribution is 2.28. The summed E-state index contributed by atoms with van der Waals surface area (Å²) in [5.74, 6) is 0.326. The topological polar surface area (TPSA) is 94.5 Å². The Hall–Kier alpha value is -3.02. The average molecular weight is 492 g/mol. The van der Waals surface area contributed by atoms with Gasteiger partial charge >= 0.3 is 6.03 Å². The van der Waals surface area contributed by atoms with Crippen LogP contribution in [-0.2, 0) is 0 Å². The highest BCUT2D eigenvalue weighted by atomic mass is 19.3. The number of nitrogens with one attached hydrogen (secondary N) is 2. The summed E-state index contributed by atoms with van der Waals surface area (Å²) in [5, 5.41) is 10.8. The molecule has 2 aliphatic rings. The molecule has 2 saturated heterocycles. The molecule has 2 amide bonds. The first kappa shape index (κ1) is 25.1. The number of aryl methyl sites for hydroxylation is 1. The molecule has 2 aromatic rings. The number of urea groups is 1. The van der Waals surface area contributed by atoms with Crippen molar-refractivity contribution in [2.45, 2.75) is 45.1 Å². The van der Waals surface area contributed by atoms with Crippen molar-refractivity contribution in [1.29, 1.82) is 0 Å². The van der Waals surface area contributed by atoms with Crippen LogP contribution in [0.3, 0.4) is 0 Å². The summed E-state index contributed by atoms with van der Waals surface area (Å²) < 4.78 is 29.1.